The first-order valence-corrected chi connectivity index (χ1v) is 7.66. The molecule has 0 aliphatic carbocycles. The fourth-order valence-electron chi connectivity index (χ4n) is 2.21. The first-order chi connectivity index (χ1) is 9.72. The molecule has 0 bridgehead atoms. The highest BCUT2D eigenvalue weighted by Gasteiger charge is 2.10. The molecular weight excluding hydrogens is 314 g/mol. The molecule has 0 saturated carbocycles. The fraction of sp³-hybridized carbons (Fsp3) is 0.294. The van der Waals surface area contributed by atoms with Gasteiger partial charge < -0.3 is 10.1 Å². The minimum Gasteiger partial charge on any atom is -0.494 e. The molecule has 2 aromatic rings. The minimum absolute atomic E-state index is 0.312. The van der Waals surface area contributed by atoms with E-state index in [0.29, 0.717) is 12.6 Å². The zero-order valence-electron chi connectivity index (χ0n) is 11.9. The summed E-state index contributed by atoms with van der Waals surface area (Å²) in [6, 6.07) is 17.1. The maximum atomic E-state index is 5.48. The van der Waals surface area contributed by atoms with Crippen LogP contribution in [0.3, 0.4) is 0 Å². The van der Waals surface area contributed by atoms with Gasteiger partial charge in [0.1, 0.15) is 5.75 Å². The van der Waals surface area contributed by atoms with Gasteiger partial charge in [-0.05, 0) is 55.8 Å². The SMILES string of the molecule is CCOc1ccc(C(Cc2ccc(Br)cc2)NC)cc1. The second-order valence-electron chi connectivity index (χ2n) is 4.67. The van der Waals surface area contributed by atoms with Crippen LogP contribution >= 0.6 is 15.9 Å². The zero-order chi connectivity index (χ0) is 14.4. The smallest absolute Gasteiger partial charge is 0.119 e. The van der Waals surface area contributed by atoms with Crippen LogP contribution in [0.5, 0.6) is 5.75 Å². The van der Waals surface area contributed by atoms with Gasteiger partial charge in [-0.1, -0.05) is 40.2 Å². The Bertz CT molecular complexity index is 522. The molecule has 0 radical (unpaired) electrons. The maximum Gasteiger partial charge on any atom is 0.119 e. The number of ether oxygens (including phenoxy) is 1. The molecule has 0 aliphatic rings. The van der Waals surface area contributed by atoms with Crippen LogP contribution in [0.15, 0.2) is 53.0 Å². The van der Waals surface area contributed by atoms with Gasteiger partial charge >= 0.3 is 0 Å². The van der Waals surface area contributed by atoms with Crippen LogP contribution in [0.2, 0.25) is 0 Å². The van der Waals surface area contributed by atoms with Crippen molar-refractivity contribution in [2.24, 2.45) is 0 Å². The summed E-state index contributed by atoms with van der Waals surface area (Å²) in [6.45, 7) is 2.70. The molecule has 2 aromatic carbocycles. The lowest BCUT2D eigenvalue weighted by molar-refractivity contribution is 0.340. The highest BCUT2D eigenvalue weighted by molar-refractivity contribution is 9.10. The topological polar surface area (TPSA) is 21.3 Å². The van der Waals surface area contributed by atoms with Gasteiger partial charge in [0, 0.05) is 10.5 Å². The molecule has 106 valence electrons. The molecule has 3 heteroatoms. The van der Waals surface area contributed by atoms with E-state index in [4.69, 9.17) is 4.74 Å². The van der Waals surface area contributed by atoms with Crippen molar-refractivity contribution in [2.45, 2.75) is 19.4 Å². The molecule has 2 nitrogen and oxygen atoms in total. The largest absolute Gasteiger partial charge is 0.494 e. The molecule has 20 heavy (non-hydrogen) atoms. The summed E-state index contributed by atoms with van der Waals surface area (Å²) in [4.78, 5) is 0. The molecular formula is C17H20BrNO. The van der Waals surface area contributed by atoms with Gasteiger partial charge in [0.2, 0.25) is 0 Å². The van der Waals surface area contributed by atoms with Crippen LogP contribution in [0, 0.1) is 0 Å². The number of hydrogen-bond acceptors (Lipinski definition) is 2. The monoisotopic (exact) mass is 333 g/mol. The summed E-state index contributed by atoms with van der Waals surface area (Å²) in [5.41, 5.74) is 2.60. The standard InChI is InChI=1S/C17H20BrNO/c1-3-20-16-10-6-14(7-11-16)17(19-2)12-13-4-8-15(18)9-5-13/h4-11,17,19H,3,12H2,1-2H3. The lowest BCUT2D eigenvalue weighted by Gasteiger charge is -2.17. The molecule has 1 unspecified atom stereocenters. The fourth-order valence-corrected chi connectivity index (χ4v) is 2.47. The Kier molecular flexibility index (Phi) is 5.62. The van der Waals surface area contributed by atoms with E-state index in [9.17, 15) is 0 Å². The second kappa shape index (κ2) is 7.46. The molecule has 0 aromatic heterocycles. The predicted molar refractivity (Wildman–Crippen MR) is 87.3 cm³/mol. The minimum atomic E-state index is 0.312. The Balaban J connectivity index is 2.09. The third kappa shape index (κ3) is 4.09. The van der Waals surface area contributed by atoms with Crippen LogP contribution in [-0.2, 0) is 6.42 Å². The Morgan fingerprint density at radius 1 is 1.05 bits per heavy atom. The van der Waals surface area contributed by atoms with Crippen molar-refractivity contribution in [3.05, 3.63) is 64.1 Å². The van der Waals surface area contributed by atoms with E-state index >= 15 is 0 Å². The summed E-state index contributed by atoms with van der Waals surface area (Å²) in [5.74, 6) is 0.926. The van der Waals surface area contributed by atoms with Crippen LogP contribution in [0.1, 0.15) is 24.1 Å². The average Bonchev–Trinajstić information content (AvgIpc) is 2.48. The predicted octanol–water partition coefficient (Wildman–Crippen LogP) is 4.35. The molecule has 1 atom stereocenters. The quantitative estimate of drug-likeness (QED) is 0.848. The van der Waals surface area contributed by atoms with E-state index in [0.717, 1.165) is 16.6 Å². The van der Waals surface area contributed by atoms with Gasteiger partial charge in [0.25, 0.3) is 0 Å². The van der Waals surface area contributed by atoms with E-state index in [1.54, 1.807) is 0 Å². The molecule has 0 spiro atoms. The van der Waals surface area contributed by atoms with Crippen LogP contribution < -0.4 is 10.1 Å². The summed E-state index contributed by atoms with van der Waals surface area (Å²) in [7, 11) is 2.00. The van der Waals surface area contributed by atoms with Crippen molar-refractivity contribution in [1.82, 2.24) is 5.32 Å². The molecule has 0 saturated heterocycles. The Morgan fingerprint density at radius 2 is 1.70 bits per heavy atom. The van der Waals surface area contributed by atoms with E-state index < -0.39 is 0 Å². The third-order valence-electron chi connectivity index (χ3n) is 3.30. The normalized spacial score (nSPS) is 12.2. The highest BCUT2D eigenvalue weighted by atomic mass is 79.9. The van der Waals surface area contributed by atoms with Gasteiger partial charge in [-0.25, -0.2) is 0 Å². The first-order valence-electron chi connectivity index (χ1n) is 6.87. The van der Waals surface area contributed by atoms with Gasteiger partial charge in [-0.15, -0.1) is 0 Å². The number of likely N-dealkylation sites (N-methyl/N-ethyl adjacent to an activating group) is 1. The number of benzene rings is 2. The number of hydrogen-bond donors (Lipinski definition) is 1. The Hall–Kier alpha value is -1.32. The van der Waals surface area contributed by atoms with Gasteiger partial charge in [0.15, 0.2) is 0 Å². The molecule has 0 aliphatic heterocycles. The Morgan fingerprint density at radius 3 is 2.25 bits per heavy atom. The molecule has 0 fully saturated rings. The number of nitrogens with one attached hydrogen (secondary N) is 1. The van der Waals surface area contributed by atoms with Gasteiger partial charge in [-0.2, -0.15) is 0 Å². The van der Waals surface area contributed by atoms with Crippen molar-refractivity contribution in [3.8, 4) is 5.75 Å². The van der Waals surface area contributed by atoms with E-state index in [1.165, 1.54) is 11.1 Å². The van der Waals surface area contributed by atoms with E-state index in [2.05, 4.69) is 57.6 Å². The molecule has 0 heterocycles. The van der Waals surface area contributed by atoms with Crippen LogP contribution in [0.4, 0.5) is 0 Å². The van der Waals surface area contributed by atoms with Crippen molar-refractivity contribution in [1.29, 1.82) is 0 Å². The average molecular weight is 334 g/mol. The van der Waals surface area contributed by atoms with E-state index in [-0.39, 0.29) is 0 Å². The Labute approximate surface area is 129 Å². The lowest BCUT2D eigenvalue weighted by atomic mass is 9.99. The first kappa shape index (κ1) is 15.1. The number of halogens is 1. The summed E-state index contributed by atoms with van der Waals surface area (Å²) in [6.07, 6.45) is 0.970. The summed E-state index contributed by atoms with van der Waals surface area (Å²) in [5, 5.41) is 3.38. The van der Waals surface area contributed by atoms with Gasteiger partial charge in [0.05, 0.1) is 6.61 Å². The third-order valence-corrected chi connectivity index (χ3v) is 3.82. The van der Waals surface area contributed by atoms with Crippen molar-refractivity contribution < 1.29 is 4.74 Å². The van der Waals surface area contributed by atoms with Crippen molar-refractivity contribution >= 4 is 15.9 Å². The molecule has 2 rings (SSSR count). The molecule has 0 amide bonds. The maximum absolute atomic E-state index is 5.48. The van der Waals surface area contributed by atoms with Crippen molar-refractivity contribution in [2.75, 3.05) is 13.7 Å². The number of rotatable bonds is 6. The van der Waals surface area contributed by atoms with Crippen molar-refractivity contribution in [3.63, 3.8) is 0 Å². The van der Waals surface area contributed by atoms with Crippen LogP contribution in [0.25, 0.3) is 0 Å². The lowest BCUT2D eigenvalue weighted by Crippen LogP contribution is -2.18. The summed E-state index contributed by atoms with van der Waals surface area (Å²) >= 11 is 3.47. The zero-order valence-corrected chi connectivity index (χ0v) is 13.5. The van der Waals surface area contributed by atoms with Gasteiger partial charge in [-0.3, -0.25) is 0 Å². The second-order valence-corrected chi connectivity index (χ2v) is 5.59. The summed E-state index contributed by atoms with van der Waals surface area (Å²) < 4.78 is 6.59. The molecule has 1 N–H and O–H groups in total. The van der Waals surface area contributed by atoms with Crippen LogP contribution in [-0.4, -0.2) is 13.7 Å². The van der Waals surface area contributed by atoms with E-state index in [1.807, 2.05) is 26.1 Å². The highest BCUT2D eigenvalue weighted by Crippen LogP contribution is 2.22.